The summed E-state index contributed by atoms with van der Waals surface area (Å²) in [6, 6.07) is 12.3. The molecule has 25 heavy (non-hydrogen) atoms. The fourth-order valence-corrected chi connectivity index (χ4v) is 2.58. The number of nitrogens with two attached hydrogens (primary N) is 1. The Morgan fingerprint density at radius 3 is 2.40 bits per heavy atom. The third-order valence-corrected chi connectivity index (χ3v) is 3.70. The third kappa shape index (κ3) is 3.40. The molecule has 3 rings (SSSR count). The zero-order valence-electron chi connectivity index (χ0n) is 13.0. The van der Waals surface area contributed by atoms with Gasteiger partial charge < -0.3 is 15.6 Å². The lowest BCUT2D eigenvalue weighted by atomic mass is 10.1. The highest BCUT2D eigenvalue weighted by atomic mass is 19.1. The van der Waals surface area contributed by atoms with Crippen molar-refractivity contribution in [3.05, 3.63) is 66.1 Å². The summed E-state index contributed by atoms with van der Waals surface area (Å²) >= 11 is 0. The zero-order chi connectivity index (χ0) is 18.0. The van der Waals surface area contributed by atoms with Crippen molar-refractivity contribution in [3.8, 4) is 0 Å². The highest BCUT2D eigenvalue weighted by Crippen LogP contribution is 2.22. The Morgan fingerprint density at radius 1 is 1.04 bits per heavy atom. The molecule has 0 saturated carbocycles. The first-order chi connectivity index (χ1) is 12.0. The van der Waals surface area contributed by atoms with E-state index in [4.69, 9.17) is 5.73 Å². The zero-order valence-corrected chi connectivity index (χ0v) is 13.0. The van der Waals surface area contributed by atoms with Crippen molar-refractivity contribution in [3.63, 3.8) is 0 Å². The van der Waals surface area contributed by atoms with Gasteiger partial charge in [-0.1, -0.05) is 18.2 Å². The summed E-state index contributed by atoms with van der Waals surface area (Å²) < 4.78 is 14.5. The Morgan fingerprint density at radius 2 is 1.72 bits per heavy atom. The maximum atomic E-state index is 12.9. The number of hydrogen-bond donors (Lipinski definition) is 2. The van der Waals surface area contributed by atoms with Crippen molar-refractivity contribution in [2.45, 2.75) is 6.54 Å². The van der Waals surface area contributed by atoms with E-state index in [0.717, 1.165) is 0 Å². The van der Waals surface area contributed by atoms with Gasteiger partial charge in [0.1, 0.15) is 12.4 Å². The number of ketones is 1. The first kappa shape index (κ1) is 16.4. The van der Waals surface area contributed by atoms with Gasteiger partial charge >= 0.3 is 0 Å². The highest BCUT2D eigenvalue weighted by Gasteiger charge is 2.19. The summed E-state index contributed by atoms with van der Waals surface area (Å²) in [6.45, 7) is -0.0794. The topological polar surface area (TPSA) is 94.2 Å². The molecular formula is C18H14FN3O3. The van der Waals surface area contributed by atoms with Crippen LogP contribution in [0.4, 0.5) is 10.1 Å². The molecule has 0 aliphatic rings. The van der Waals surface area contributed by atoms with E-state index < -0.39 is 17.5 Å². The predicted molar refractivity (Wildman–Crippen MR) is 90.5 cm³/mol. The van der Waals surface area contributed by atoms with Crippen LogP contribution in [-0.4, -0.2) is 22.2 Å². The largest absolute Gasteiger partial charge is 0.363 e. The number of amides is 2. The second kappa shape index (κ2) is 6.56. The van der Waals surface area contributed by atoms with Gasteiger partial charge in [0.25, 0.3) is 11.7 Å². The van der Waals surface area contributed by atoms with E-state index in [-0.39, 0.29) is 18.0 Å². The van der Waals surface area contributed by atoms with Crippen LogP contribution < -0.4 is 11.1 Å². The molecule has 3 aromatic rings. The number of para-hydroxylation sites is 1. The summed E-state index contributed by atoms with van der Waals surface area (Å²) in [5.74, 6) is -2.62. The van der Waals surface area contributed by atoms with Gasteiger partial charge in [0.15, 0.2) is 0 Å². The lowest BCUT2D eigenvalue weighted by Crippen LogP contribution is -2.23. The first-order valence-electron chi connectivity index (χ1n) is 7.43. The quantitative estimate of drug-likeness (QED) is 0.550. The number of nitrogens with one attached hydrogen (secondary N) is 1. The molecule has 0 fully saturated rings. The summed E-state index contributed by atoms with van der Waals surface area (Å²) in [4.78, 5) is 35.4. The van der Waals surface area contributed by atoms with E-state index in [1.807, 2.05) is 0 Å². The molecule has 2 aromatic carbocycles. The van der Waals surface area contributed by atoms with E-state index >= 15 is 0 Å². The Kier molecular flexibility index (Phi) is 4.30. The van der Waals surface area contributed by atoms with Crippen LogP contribution >= 0.6 is 0 Å². The molecular weight excluding hydrogens is 325 g/mol. The SMILES string of the molecule is NC(=O)C(=O)c1cn(CC(=O)Nc2ccc(F)cc2)c2ccccc12. The molecule has 2 amide bonds. The fourth-order valence-electron chi connectivity index (χ4n) is 2.58. The Hall–Kier alpha value is -3.48. The number of hydrogen-bond acceptors (Lipinski definition) is 3. The molecule has 0 bridgehead atoms. The number of nitrogens with zero attached hydrogens (tertiary/aromatic N) is 1. The molecule has 0 unspecified atom stereocenters. The van der Waals surface area contributed by atoms with Crippen LogP contribution in [0, 0.1) is 5.82 Å². The van der Waals surface area contributed by atoms with Crippen molar-refractivity contribution < 1.29 is 18.8 Å². The molecule has 1 heterocycles. The summed E-state index contributed by atoms with van der Waals surface area (Å²) in [5.41, 5.74) is 6.31. The van der Waals surface area contributed by atoms with Gasteiger partial charge in [0.05, 0.1) is 5.56 Å². The predicted octanol–water partition coefficient (Wildman–Crippen LogP) is 2.09. The van der Waals surface area contributed by atoms with Crippen molar-refractivity contribution in [1.29, 1.82) is 0 Å². The number of benzene rings is 2. The molecule has 6 nitrogen and oxygen atoms in total. The van der Waals surface area contributed by atoms with Gasteiger partial charge in [-0.05, 0) is 30.3 Å². The molecule has 0 spiro atoms. The minimum atomic E-state index is -1.06. The maximum absolute atomic E-state index is 12.9. The molecule has 0 radical (unpaired) electrons. The monoisotopic (exact) mass is 339 g/mol. The number of fused-ring (bicyclic) bond motifs is 1. The average molecular weight is 339 g/mol. The van der Waals surface area contributed by atoms with Crippen molar-refractivity contribution in [2.24, 2.45) is 5.73 Å². The maximum Gasteiger partial charge on any atom is 0.289 e. The van der Waals surface area contributed by atoms with Crippen molar-refractivity contribution in [1.82, 2.24) is 4.57 Å². The van der Waals surface area contributed by atoms with Gasteiger partial charge in [-0.2, -0.15) is 0 Å². The number of halogens is 1. The van der Waals surface area contributed by atoms with Crippen molar-refractivity contribution >= 4 is 34.2 Å². The lowest BCUT2D eigenvalue weighted by Gasteiger charge is -2.07. The van der Waals surface area contributed by atoms with E-state index in [1.165, 1.54) is 30.5 Å². The van der Waals surface area contributed by atoms with E-state index in [2.05, 4.69) is 5.32 Å². The number of rotatable bonds is 5. The summed E-state index contributed by atoms with van der Waals surface area (Å²) in [7, 11) is 0. The molecule has 0 aliphatic carbocycles. The molecule has 0 saturated heterocycles. The molecule has 3 N–H and O–H groups in total. The van der Waals surface area contributed by atoms with E-state index in [1.54, 1.807) is 28.8 Å². The van der Waals surface area contributed by atoms with Crippen LogP contribution in [0.3, 0.4) is 0 Å². The third-order valence-electron chi connectivity index (χ3n) is 3.70. The summed E-state index contributed by atoms with van der Waals surface area (Å²) in [5, 5.41) is 3.18. The average Bonchev–Trinajstić information content (AvgIpc) is 2.95. The van der Waals surface area contributed by atoms with E-state index in [9.17, 15) is 18.8 Å². The Balaban J connectivity index is 1.88. The number of primary amides is 1. The van der Waals surface area contributed by atoms with Gasteiger partial charge in [-0.15, -0.1) is 0 Å². The minimum Gasteiger partial charge on any atom is -0.363 e. The van der Waals surface area contributed by atoms with Crippen LogP contribution in [0.1, 0.15) is 10.4 Å². The number of aromatic nitrogens is 1. The Labute approximate surface area is 142 Å². The number of anilines is 1. The second-order valence-electron chi connectivity index (χ2n) is 5.44. The standard InChI is InChI=1S/C18H14FN3O3/c19-11-5-7-12(8-6-11)21-16(23)10-22-9-14(17(24)18(20)25)13-3-1-2-4-15(13)22/h1-9H,10H2,(H2,20,25)(H,21,23). The molecule has 1 aromatic heterocycles. The lowest BCUT2D eigenvalue weighted by molar-refractivity contribution is -0.116. The smallest absolute Gasteiger partial charge is 0.289 e. The Bertz CT molecular complexity index is 977. The van der Waals surface area contributed by atoms with Gasteiger partial charge in [0, 0.05) is 22.8 Å². The highest BCUT2D eigenvalue weighted by molar-refractivity contribution is 6.44. The van der Waals surface area contributed by atoms with Crippen LogP contribution in [0.2, 0.25) is 0 Å². The number of Topliss-reactive ketones (excluding diaryl/α,β-unsaturated/α-hetero) is 1. The normalized spacial score (nSPS) is 10.6. The number of carbonyl (C=O) groups is 3. The summed E-state index contributed by atoms with van der Waals surface area (Å²) in [6.07, 6.45) is 1.43. The van der Waals surface area contributed by atoms with Gasteiger partial charge in [-0.3, -0.25) is 14.4 Å². The van der Waals surface area contributed by atoms with Crippen LogP contribution in [0.5, 0.6) is 0 Å². The molecule has 7 heteroatoms. The fraction of sp³-hybridized carbons (Fsp3) is 0.0556. The van der Waals surface area contributed by atoms with Gasteiger partial charge in [0.2, 0.25) is 5.91 Å². The number of carbonyl (C=O) groups excluding carboxylic acids is 3. The molecule has 126 valence electrons. The van der Waals surface area contributed by atoms with Crippen LogP contribution in [-0.2, 0) is 16.1 Å². The van der Waals surface area contributed by atoms with Crippen molar-refractivity contribution in [2.75, 3.05) is 5.32 Å². The molecule has 0 atom stereocenters. The minimum absolute atomic E-state index is 0.0794. The second-order valence-corrected chi connectivity index (χ2v) is 5.44. The first-order valence-corrected chi connectivity index (χ1v) is 7.43. The van der Waals surface area contributed by atoms with Gasteiger partial charge in [-0.25, -0.2) is 4.39 Å². The van der Waals surface area contributed by atoms with Crippen LogP contribution in [0.25, 0.3) is 10.9 Å². The van der Waals surface area contributed by atoms with E-state index in [0.29, 0.717) is 16.6 Å². The van der Waals surface area contributed by atoms with Crippen LogP contribution in [0.15, 0.2) is 54.7 Å². The molecule has 0 aliphatic heterocycles.